The van der Waals surface area contributed by atoms with Crippen LogP contribution in [0.2, 0.25) is 0 Å². The minimum atomic E-state index is 0. The molecule has 1 aromatic heterocycles. The van der Waals surface area contributed by atoms with Gasteiger partial charge in [-0.05, 0) is 6.07 Å². The van der Waals surface area contributed by atoms with Gasteiger partial charge in [-0.25, -0.2) is 0 Å². The van der Waals surface area contributed by atoms with Gasteiger partial charge < -0.3 is 10.0 Å². The summed E-state index contributed by atoms with van der Waals surface area (Å²) >= 11 is 0. The fourth-order valence-corrected chi connectivity index (χ4v) is 0.345. The molecule has 0 saturated carbocycles. The van der Waals surface area contributed by atoms with Gasteiger partial charge in [-0.2, -0.15) is 5.10 Å². The van der Waals surface area contributed by atoms with Crippen molar-refractivity contribution in [3.05, 3.63) is 18.5 Å². The van der Waals surface area contributed by atoms with E-state index in [0.717, 1.165) is 0 Å². The molecule has 0 spiro atoms. The first-order chi connectivity index (χ1) is 4.31. The number of rotatable bonds is 0. The molecule has 2 N–H and O–H groups in total. The largest absolute Gasteiger partial charge is 0.482 e. The second-order valence-electron chi connectivity index (χ2n) is 1.30. The summed E-state index contributed by atoms with van der Waals surface area (Å²) in [5, 5.41) is 17.8. The average molecular weight is 127 g/mol. The molecular weight excluding hydrogens is 119 g/mol. The van der Waals surface area contributed by atoms with Crippen molar-refractivity contribution in [1.82, 2.24) is 9.78 Å². The lowest BCUT2D eigenvalue weighted by molar-refractivity contribution is 0.448. The number of hydrogen-bond donors (Lipinski definition) is 2. The molecule has 1 aromatic rings. The Morgan fingerprint density at radius 3 is 2.22 bits per heavy atom. The minimum absolute atomic E-state index is 0. The first-order valence-electron chi connectivity index (χ1n) is 2.35. The smallest absolute Gasteiger partial charge is 0.429 e. The molecule has 0 atom stereocenters. The molecule has 0 saturated heterocycles. The van der Waals surface area contributed by atoms with Crippen LogP contribution in [0, 0.1) is 0 Å². The highest BCUT2D eigenvalue weighted by atomic mass is 16.4. The Morgan fingerprint density at radius 1 is 1.56 bits per heavy atom. The zero-order valence-electron chi connectivity index (χ0n) is 5.10. The van der Waals surface area contributed by atoms with Crippen molar-refractivity contribution >= 4 is 7.69 Å². The number of aromatic nitrogens is 2. The zero-order chi connectivity index (χ0) is 7.11. The summed E-state index contributed by atoms with van der Waals surface area (Å²) in [4.78, 5) is 0. The predicted molar refractivity (Wildman–Crippen MR) is 33.4 cm³/mol. The molecule has 1 rings (SSSR count). The topological polar surface area (TPSA) is 58.3 Å². The van der Waals surface area contributed by atoms with Crippen molar-refractivity contribution in [2.75, 3.05) is 0 Å². The van der Waals surface area contributed by atoms with Crippen LogP contribution in [-0.4, -0.2) is 27.5 Å². The molecule has 49 valence electrons. The third-order valence-electron chi connectivity index (χ3n) is 0.637. The molecular formula is C4H8BN2O2. The average Bonchev–Trinajstić information content (AvgIpc) is 2.20. The van der Waals surface area contributed by atoms with Crippen molar-refractivity contribution in [2.24, 2.45) is 7.05 Å². The van der Waals surface area contributed by atoms with Crippen molar-refractivity contribution in [1.29, 1.82) is 0 Å². The van der Waals surface area contributed by atoms with Crippen molar-refractivity contribution in [3.8, 4) is 0 Å². The zero-order valence-corrected chi connectivity index (χ0v) is 5.10. The van der Waals surface area contributed by atoms with Gasteiger partial charge in [0.15, 0.2) is 0 Å². The van der Waals surface area contributed by atoms with Gasteiger partial charge in [0, 0.05) is 19.4 Å². The first-order valence-corrected chi connectivity index (χ1v) is 2.35. The SMILES string of the molecule is Cn1cccn1.O[B]O. The number of aryl methyl sites for hydroxylation is 1. The molecule has 4 nitrogen and oxygen atoms in total. The minimum Gasteiger partial charge on any atom is -0.429 e. The molecule has 9 heavy (non-hydrogen) atoms. The van der Waals surface area contributed by atoms with Crippen LogP contribution in [0.3, 0.4) is 0 Å². The van der Waals surface area contributed by atoms with E-state index in [-0.39, 0.29) is 7.69 Å². The number of nitrogens with zero attached hydrogens (tertiary/aromatic N) is 2. The molecule has 1 radical (unpaired) electrons. The van der Waals surface area contributed by atoms with Gasteiger partial charge in [-0.1, -0.05) is 0 Å². The highest BCUT2D eigenvalue weighted by molar-refractivity contribution is 6.13. The van der Waals surface area contributed by atoms with E-state index >= 15 is 0 Å². The Labute approximate surface area is 54.1 Å². The lowest BCUT2D eigenvalue weighted by Crippen LogP contribution is -1.83. The summed E-state index contributed by atoms with van der Waals surface area (Å²) in [6.45, 7) is 0. The lowest BCUT2D eigenvalue weighted by Gasteiger charge is -1.77. The van der Waals surface area contributed by atoms with E-state index in [1.807, 2.05) is 19.3 Å². The quantitative estimate of drug-likeness (QED) is 0.436. The van der Waals surface area contributed by atoms with E-state index in [0.29, 0.717) is 0 Å². The molecule has 0 unspecified atom stereocenters. The van der Waals surface area contributed by atoms with Crippen LogP contribution >= 0.6 is 0 Å². The maximum atomic E-state index is 7.00. The molecule has 0 aliphatic rings. The fraction of sp³-hybridized carbons (Fsp3) is 0.250. The van der Waals surface area contributed by atoms with Gasteiger partial charge in [0.1, 0.15) is 0 Å². The Kier molecular flexibility index (Phi) is 4.86. The van der Waals surface area contributed by atoms with Gasteiger partial charge in [-0.3, -0.25) is 4.68 Å². The monoisotopic (exact) mass is 127 g/mol. The van der Waals surface area contributed by atoms with Gasteiger partial charge in [0.25, 0.3) is 0 Å². The highest BCUT2D eigenvalue weighted by Gasteiger charge is 1.69. The summed E-state index contributed by atoms with van der Waals surface area (Å²) in [6, 6.07) is 1.89. The van der Waals surface area contributed by atoms with Crippen LogP contribution in [-0.2, 0) is 7.05 Å². The predicted octanol–water partition coefficient (Wildman–Crippen LogP) is -1.07. The van der Waals surface area contributed by atoms with Crippen LogP contribution in [0.5, 0.6) is 0 Å². The Bertz CT molecular complexity index is 131. The van der Waals surface area contributed by atoms with Gasteiger partial charge in [-0.15, -0.1) is 0 Å². The molecule has 0 bridgehead atoms. The molecule has 0 aromatic carbocycles. The molecule has 0 aliphatic heterocycles. The first kappa shape index (κ1) is 8.19. The summed E-state index contributed by atoms with van der Waals surface area (Å²) < 4.78 is 1.75. The van der Waals surface area contributed by atoms with Crippen LogP contribution in [0.1, 0.15) is 0 Å². The van der Waals surface area contributed by atoms with E-state index in [2.05, 4.69) is 5.10 Å². The molecule has 0 aliphatic carbocycles. The maximum absolute atomic E-state index is 7.00. The maximum Gasteiger partial charge on any atom is 0.482 e. The molecule has 5 heteroatoms. The Morgan fingerprint density at radius 2 is 2.11 bits per heavy atom. The Balaban J connectivity index is 0.000000187. The normalized spacial score (nSPS) is 7.44. The second-order valence-corrected chi connectivity index (χ2v) is 1.30. The Hall–Kier alpha value is -0.805. The van der Waals surface area contributed by atoms with E-state index in [1.165, 1.54) is 0 Å². The van der Waals surface area contributed by atoms with Gasteiger partial charge in [0.2, 0.25) is 0 Å². The summed E-state index contributed by atoms with van der Waals surface area (Å²) in [5.74, 6) is 0. The summed E-state index contributed by atoms with van der Waals surface area (Å²) in [7, 11) is 1.89. The highest BCUT2D eigenvalue weighted by Crippen LogP contribution is 1.73. The third-order valence-corrected chi connectivity index (χ3v) is 0.637. The third kappa shape index (κ3) is 5.06. The molecule has 0 fully saturated rings. The summed E-state index contributed by atoms with van der Waals surface area (Å²) in [5.41, 5.74) is 0. The van der Waals surface area contributed by atoms with Crippen LogP contribution in [0.25, 0.3) is 0 Å². The second kappa shape index (κ2) is 5.33. The van der Waals surface area contributed by atoms with Crippen LogP contribution in [0.4, 0.5) is 0 Å². The van der Waals surface area contributed by atoms with E-state index in [1.54, 1.807) is 10.9 Å². The van der Waals surface area contributed by atoms with Gasteiger partial charge in [0.05, 0.1) is 0 Å². The lowest BCUT2D eigenvalue weighted by atomic mass is 10.5. The van der Waals surface area contributed by atoms with Crippen molar-refractivity contribution < 1.29 is 10.0 Å². The fourth-order valence-electron chi connectivity index (χ4n) is 0.345. The van der Waals surface area contributed by atoms with Crippen molar-refractivity contribution in [2.45, 2.75) is 0 Å². The van der Waals surface area contributed by atoms with E-state index < -0.39 is 0 Å². The number of hydrogen-bond acceptors (Lipinski definition) is 3. The summed E-state index contributed by atoms with van der Waals surface area (Å²) in [6.07, 6.45) is 3.64. The molecule has 1 heterocycles. The van der Waals surface area contributed by atoms with Gasteiger partial charge >= 0.3 is 7.69 Å². The molecule has 0 amide bonds. The standard InChI is InChI=1S/C4H6N2.BH2O2/c1-6-4-2-3-5-6;2-1-3/h2-4H,1H3;2-3H. The van der Waals surface area contributed by atoms with E-state index in [4.69, 9.17) is 10.0 Å². The van der Waals surface area contributed by atoms with E-state index in [9.17, 15) is 0 Å². The van der Waals surface area contributed by atoms with Crippen LogP contribution in [0.15, 0.2) is 18.5 Å². The van der Waals surface area contributed by atoms with Crippen LogP contribution < -0.4 is 0 Å². The van der Waals surface area contributed by atoms with Crippen molar-refractivity contribution in [3.63, 3.8) is 0 Å².